The molecule has 0 aliphatic rings. The molecule has 0 atom stereocenters. The second-order valence-corrected chi connectivity index (χ2v) is 5.77. The minimum absolute atomic E-state index is 0.0232. The predicted octanol–water partition coefficient (Wildman–Crippen LogP) is 2.14. The fourth-order valence-electron chi connectivity index (χ4n) is 1.67. The Morgan fingerprint density at radius 3 is 2.52 bits per heavy atom. The van der Waals surface area contributed by atoms with E-state index in [1.165, 1.54) is 0 Å². The van der Waals surface area contributed by atoms with Crippen LogP contribution in [0.2, 0.25) is 0 Å². The number of ether oxygens (including phenoxy) is 1. The van der Waals surface area contributed by atoms with Crippen molar-refractivity contribution in [3.05, 3.63) is 30.1 Å². The number of H-pyrrole nitrogens is 1. The number of methoxy groups -OCH3 is 1. The number of nitrogens with zero attached hydrogens (tertiary/aromatic N) is 2. The third kappa shape index (κ3) is 3.81. The third-order valence-corrected chi connectivity index (χ3v) is 2.98. The minimum atomic E-state index is -0.418. The van der Waals surface area contributed by atoms with E-state index in [-0.39, 0.29) is 5.91 Å². The summed E-state index contributed by atoms with van der Waals surface area (Å²) in [5.41, 5.74) is 0.471. The van der Waals surface area contributed by atoms with Gasteiger partial charge in [-0.3, -0.25) is 9.89 Å². The van der Waals surface area contributed by atoms with Crippen molar-refractivity contribution in [2.75, 3.05) is 7.11 Å². The Hall–Kier alpha value is -2.37. The SMILES string of the molecule is COc1ccc(-c2n[nH]c(CNC(=O)C(C)(C)C)n2)cc1. The van der Waals surface area contributed by atoms with Crippen LogP contribution < -0.4 is 10.1 Å². The molecular formula is C15H20N4O2. The number of carbonyl (C=O) groups excluding carboxylic acids is 1. The monoisotopic (exact) mass is 288 g/mol. The Bertz CT molecular complexity index is 611. The highest BCUT2D eigenvalue weighted by molar-refractivity contribution is 5.81. The summed E-state index contributed by atoms with van der Waals surface area (Å²) in [5.74, 6) is 1.98. The third-order valence-electron chi connectivity index (χ3n) is 2.98. The van der Waals surface area contributed by atoms with Crippen molar-refractivity contribution in [3.8, 4) is 17.1 Å². The summed E-state index contributed by atoms with van der Waals surface area (Å²) in [6.07, 6.45) is 0. The number of rotatable bonds is 4. The number of aromatic nitrogens is 3. The lowest BCUT2D eigenvalue weighted by Gasteiger charge is -2.16. The maximum atomic E-state index is 11.8. The van der Waals surface area contributed by atoms with Gasteiger partial charge in [0.05, 0.1) is 13.7 Å². The van der Waals surface area contributed by atoms with Crippen LogP contribution in [0.4, 0.5) is 0 Å². The summed E-state index contributed by atoms with van der Waals surface area (Å²) in [6, 6.07) is 7.48. The van der Waals surface area contributed by atoms with Gasteiger partial charge in [-0.1, -0.05) is 20.8 Å². The lowest BCUT2D eigenvalue weighted by atomic mass is 9.96. The van der Waals surface area contributed by atoms with E-state index < -0.39 is 5.41 Å². The zero-order valence-corrected chi connectivity index (χ0v) is 12.7. The number of hydrogen-bond acceptors (Lipinski definition) is 4. The maximum absolute atomic E-state index is 11.8. The van der Waals surface area contributed by atoms with Crippen molar-refractivity contribution >= 4 is 5.91 Å². The quantitative estimate of drug-likeness (QED) is 0.903. The molecule has 2 N–H and O–H groups in total. The second kappa shape index (κ2) is 5.95. The van der Waals surface area contributed by atoms with Crippen molar-refractivity contribution in [1.82, 2.24) is 20.5 Å². The first kappa shape index (κ1) is 15.0. The number of amides is 1. The molecule has 0 bridgehead atoms. The molecule has 6 heteroatoms. The van der Waals surface area contributed by atoms with E-state index in [0.717, 1.165) is 11.3 Å². The minimum Gasteiger partial charge on any atom is -0.497 e. The molecule has 21 heavy (non-hydrogen) atoms. The molecule has 0 radical (unpaired) electrons. The normalized spacial score (nSPS) is 11.2. The predicted molar refractivity (Wildman–Crippen MR) is 79.7 cm³/mol. The van der Waals surface area contributed by atoms with Crippen LogP contribution in [0, 0.1) is 5.41 Å². The molecule has 0 saturated carbocycles. The molecule has 2 aromatic rings. The topological polar surface area (TPSA) is 79.9 Å². The first-order valence-electron chi connectivity index (χ1n) is 6.74. The van der Waals surface area contributed by atoms with Gasteiger partial charge in [-0.25, -0.2) is 4.98 Å². The van der Waals surface area contributed by atoms with Gasteiger partial charge >= 0.3 is 0 Å². The van der Waals surface area contributed by atoms with Crippen LogP contribution in [0.1, 0.15) is 26.6 Å². The standard InChI is InChI=1S/C15H20N4O2/c1-15(2,3)14(20)16-9-12-17-13(19-18-12)10-5-7-11(21-4)8-6-10/h5-8H,9H2,1-4H3,(H,16,20)(H,17,18,19). The number of carbonyl (C=O) groups is 1. The largest absolute Gasteiger partial charge is 0.497 e. The van der Waals surface area contributed by atoms with Gasteiger partial charge in [0.25, 0.3) is 0 Å². The molecule has 0 fully saturated rings. The van der Waals surface area contributed by atoms with Gasteiger partial charge in [0, 0.05) is 11.0 Å². The van der Waals surface area contributed by atoms with Crippen LogP contribution in [0.5, 0.6) is 5.75 Å². The average molecular weight is 288 g/mol. The average Bonchev–Trinajstić information content (AvgIpc) is 2.92. The summed E-state index contributed by atoms with van der Waals surface area (Å²) < 4.78 is 5.11. The Morgan fingerprint density at radius 1 is 1.29 bits per heavy atom. The van der Waals surface area contributed by atoms with Gasteiger partial charge in [-0.05, 0) is 24.3 Å². The molecule has 0 aliphatic heterocycles. The summed E-state index contributed by atoms with van der Waals surface area (Å²) in [4.78, 5) is 16.2. The van der Waals surface area contributed by atoms with Crippen molar-refractivity contribution in [2.45, 2.75) is 27.3 Å². The Labute approximate surface area is 123 Å². The van der Waals surface area contributed by atoms with Gasteiger partial charge in [0.15, 0.2) is 5.82 Å². The Balaban J connectivity index is 2.02. The molecule has 0 unspecified atom stereocenters. The molecule has 0 saturated heterocycles. The van der Waals surface area contributed by atoms with Crippen molar-refractivity contribution in [3.63, 3.8) is 0 Å². The molecular weight excluding hydrogens is 268 g/mol. The van der Waals surface area contributed by atoms with Gasteiger partial charge in [0.1, 0.15) is 11.6 Å². The number of hydrogen-bond donors (Lipinski definition) is 2. The van der Waals surface area contributed by atoms with E-state index in [9.17, 15) is 4.79 Å². The lowest BCUT2D eigenvalue weighted by Crippen LogP contribution is -2.34. The molecule has 1 aromatic heterocycles. The summed E-state index contributed by atoms with van der Waals surface area (Å²) in [5, 5.41) is 9.82. The van der Waals surface area contributed by atoms with Gasteiger partial charge < -0.3 is 10.1 Å². The van der Waals surface area contributed by atoms with Crippen LogP contribution in [-0.4, -0.2) is 28.2 Å². The molecule has 1 heterocycles. The molecule has 0 spiro atoms. The van der Waals surface area contributed by atoms with Gasteiger partial charge in [0.2, 0.25) is 5.91 Å². The first-order chi connectivity index (χ1) is 9.90. The van der Waals surface area contributed by atoms with E-state index >= 15 is 0 Å². The zero-order chi connectivity index (χ0) is 15.5. The molecule has 1 aromatic carbocycles. The van der Waals surface area contributed by atoms with Crippen LogP contribution in [0.15, 0.2) is 24.3 Å². The zero-order valence-electron chi connectivity index (χ0n) is 12.7. The number of benzene rings is 1. The highest BCUT2D eigenvalue weighted by Crippen LogP contribution is 2.19. The van der Waals surface area contributed by atoms with Gasteiger partial charge in [-0.2, -0.15) is 5.10 Å². The fraction of sp³-hybridized carbons (Fsp3) is 0.400. The van der Waals surface area contributed by atoms with E-state index in [1.807, 2.05) is 45.0 Å². The van der Waals surface area contributed by atoms with Crippen molar-refractivity contribution in [2.24, 2.45) is 5.41 Å². The van der Waals surface area contributed by atoms with E-state index in [4.69, 9.17) is 4.74 Å². The number of aromatic amines is 1. The van der Waals surface area contributed by atoms with E-state index in [0.29, 0.717) is 18.2 Å². The molecule has 112 valence electrons. The molecule has 0 aliphatic carbocycles. The highest BCUT2D eigenvalue weighted by Gasteiger charge is 2.21. The van der Waals surface area contributed by atoms with Crippen molar-refractivity contribution in [1.29, 1.82) is 0 Å². The molecule has 6 nitrogen and oxygen atoms in total. The van der Waals surface area contributed by atoms with E-state index in [1.54, 1.807) is 7.11 Å². The number of nitrogens with one attached hydrogen (secondary N) is 2. The smallest absolute Gasteiger partial charge is 0.225 e. The van der Waals surface area contributed by atoms with Crippen LogP contribution in [0.25, 0.3) is 11.4 Å². The summed E-state index contributed by atoms with van der Waals surface area (Å²) in [7, 11) is 1.62. The Kier molecular flexibility index (Phi) is 4.26. The van der Waals surface area contributed by atoms with Crippen LogP contribution in [0.3, 0.4) is 0 Å². The molecule has 2 rings (SSSR count). The van der Waals surface area contributed by atoms with Gasteiger partial charge in [-0.15, -0.1) is 0 Å². The maximum Gasteiger partial charge on any atom is 0.225 e. The van der Waals surface area contributed by atoms with Crippen molar-refractivity contribution < 1.29 is 9.53 Å². The van der Waals surface area contributed by atoms with Crippen LogP contribution >= 0.6 is 0 Å². The first-order valence-corrected chi connectivity index (χ1v) is 6.74. The molecule has 1 amide bonds. The second-order valence-electron chi connectivity index (χ2n) is 5.77. The van der Waals surface area contributed by atoms with Crippen LogP contribution in [-0.2, 0) is 11.3 Å². The Morgan fingerprint density at radius 2 is 1.95 bits per heavy atom. The van der Waals surface area contributed by atoms with E-state index in [2.05, 4.69) is 20.5 Å². The summed E-state index contributed by atoms with van der Waals surface area (Å²) in [6.45, 7) is 5.93. The summed E-state index contributed by atoms with van der Waals surface area (Å²) >= 11 is 0. The fourth-order valence-corrected chi connectivity index (χ4v) is 1.67. The highest BCUT2D eigenvalue weighted by atomic mass is 16.5. The lowest BCUT2D eigenvalue weighted by molar-refractivity contribution is -0.128.